The van der Waals surface area contributed by atoms with Crippen LogP contribution in [0.15, 0.2) is 36.7 Å². The van der Waals surface area contributed by atoms with Crippen molar-refractivity contribution < 1.29 is 5.11 Å². The van der Waals surface area contributed by atoms with E-state index in [1.54, 1.807) is 12.4 Å². The molecule has 1 N–H and O–H groups in total. The lowest BCUT2D eigenvalue weighted by Gasteiger charge is -2.00. The summed E-state index contributed by atoms with van der Waals surface area (Å²) in [4.78, 5) is 4.02. The molecular formula is C15H17BN2O. The normalized spacial score (nSPS) is 13.8. The third-order valence-corrected chi connectivity index (χ3v) is 3.46. The van der Waals surface area contributed by atoms with Crippen molar-refractivity contribution in [1.29, 1.82) is 5.26 Å². The Balaban J connectivity index is 0.000000163. The van der Waals surface area contributed by atoms with Crippen molar-refractivity contribution in [1.82, 2.24) is 4.98 Å². The molecule has 1 aliphatic rings. The van der Waals surface area contributed by atoms with E-state index in [9.17, 15) is 0 Å². The van der Waals surface area contributed by atoms with Gasteiger partial charge in [-0.2, -0.15) is 0 Å². The van der Waals surface area contributed by atoms with Gasteiger partial charge < -0.3 is 5.11 Å². The first kappa shape index (κ1) is 13.6. The predicted octanol–water partition coefficient (Wildman–Crippen LogP) is 3.06. The molecule has 0 aliphatic carbocycles. The zero-order valence-corrected chi connectivity index (χ0v) is 10.9. The van der Waals surface area contributed by atoms with Crippen LogP contribution >= 0.6 is 0 Å². The molecule has 0 atom stereocenters. The molecule has 0 spiro atoms. The summed E-state index contributed by atoms with van der Waals surface area (Å²) in [5.41, 5.74) is 0.883. The van der Waals surface area contributed by atoms with Crippen LogP contribution in [0.5, 0.6) is 0 Å². The number of hydrogen-bond donors (Lipinski definition) is 1. The molecule has 1 aromatic carbocycles. The first-order chi connectivity index (χ1) is 9.35. The van der Waals surface area contributed by atoms with E-state index >= 15 is 0 Å². The quantitative estimate of drug-likeness (QED) is 0.793. The van der Waals surface area contributed by atoms with Crippen LogP contribution < -0.4 is 0 Å². The number of benzene rings is 1. The Hall–Kier alpha value is -1.86. The van der Waals surface area contributed by atoms with Crippen LogP contribution in [-0.2, 0) is 6.61 Å². The van der Waals surface area contributed by atoms with Gasteiger partial charge >= 0.3 is 0 Å². The van der Waals surface area contributed by atoms with Crippen LogP contribution in [0.2, 0.25) is 12.6 Å². The highest BCUT2D eigenvalue weighted by Crippen LogP contribution is 2.17. The summed E-state index contributed by atoms with van der Waals surface area (Å²) < 4.78 is 0. The van der Waals surface area contributed by atoms with Gasteiger partial charge in [0.15, 0.2) is 0 Å². The average molecular weight is 252 g/mol. The van der Waals surface area contributed by atoms with Gasteiger partial charge in [0.25, 0.3) is 6.71 Å². The number of pyridine rings is 1. The lowest BCUT2D eigenvalue weighted by molar-refractivity contribution is 0.283. The number of aromatic nitrogens is 1. The van der Waals surface area contributed by atoms with Crippen molar-refractivity contribution in [2.24, 2.45) is 0 Å². The number of aliphatic hydroxyl groups is 1. The lowest BCUT2D eigenvalue weighted by Crippen LogP contribution is -1.99. The lowest BCUT2D eigenvalue weighted by atomic mass is 9.50. The minimum atomic E-state index is 0.0500. The molecule has 3 nitrogen and oxygen atoms in total. The molecule has 19 heavy (non-hydrogen) atoms. The average Bonchev–Trinajstić information content (AvgIpc) is 3.01. The van der Waals surface area contributed by atoms with Crippen molar-refractivity contribution in [2.45, 2.75) is 32.1 Å². The highest BCUT2D eigenvalue weighted by molar-refractivity contribution is 6.67. The van der Waals surface area contributed by atoms with Crippen molar-refractivity contribution >= 4 is 17.5 Å². The maximum Gasteiger partial charge on any atom is 0.267 e. The van der Waals surface area contributed by atoms with Crippen molar-refractivity contribution in [3.63, 3.8) is 0 Å². The van der Waals surface area contributed by atoms with Crippen LogP contribution in [0.25, 0.3) is 10.8 Å². The number of aliphatic hydroxyl groups excluding tert-OH is 1. The van der Waals surface area contributed by atoms with Crippen LogP contribution in [0.3, 0.4) is 0 Å². The van der Waals surface area contributed by atoms with Gasteiger partial charge in [0.2, 0.25) is 0 Å². The van der Waals surface area contributed by atoms with E-state index in [2.05, 4.69) is 11.0 Å². The summed E-state index contributed by atoms with van der Waals surface area (Å²) in [6.07, 6.45) is 8.35. The summed E-state index contributed by atoms with van der Waals surface area (Å²) in [6, 6.07) is 7.90. The van der Waals surface area contributed by atoms with E-state index in [0.717, 1.165) is 29.0 Å². The maximum absolute atomic E-state index is 9.00. The Kier molecular flexibility index (Phi) is 4.94. The molecule has 0 amide bonds. The van der Waals surface area contributed by atoms with E-state index in [-0.39, 0.29) is 6.61 Å². The topological polar surface area (TPSA) is 56.9 Å². The Morgan fingerprint density at radius 1 is 1.21 bits per heavy atom. The summed E-state index contributed by atoms with van der Waals surface area (Å²) in [6.45, 7) is 0.453. The fraction of sp³-hybridized carbons (Fsp3) is 0.333. The molecule has 2 heterocycles. The van der Waals surface area contributed by atoms with E-state index in [4.69, 9.17) is 10.4 Å². The third-order valence-electron chi connectivity index (χ3n) is 3.46. The molecular weight excluding hydrogens is 235 g/mol. The summed E-state index contributed by atoms with van der Waals surface area (Å²) in [5.74, 6) is 2.26. The Morgan fingerprint density at radius 3 is 2.58 bits per heavy atom. The predicted molar refractivity (Wildman–Crippen MR) is 77.9 cm³/mol. The molecule has 4 heteroatoms. The first-order valence-corrected chi connectivity index (χ1v) is 6.67. The van der Waals surface area contributed by atoms with Gasteiger partial charge in [-0.05, 0) is 5.39 Å². The molecule has 0 saturated carbocycles. The summed E-state index contributed by atoms with van der Waals surface area (Å²) in [7, 11) is 0. The van der Waals surface area contributed by atoms with Gasteiger partial charge in [-0.25, -0.2) is 5.26 Å². The number of hydrogen-bond acceptors (Lipinski definition) is 3. The van der Waals surface area contributed by atoms with E-state index in [1.165, 1.54) is 12.8 Å². The molecule has 0 radical (unpaired) electrons. The largest absolute Gasteiger partial charge is 0.392 e. The smallest absolute Gasteiger partial charge is 0.267 e. The number of rotatable bonds is 1. The minimum Gasteiger partial charge on any atom is -0.392 e. The number of nitrogens with zero attached hydrogens (tertiary/aromatic N) is 2. The number of fused-ring (bicyclic) bond motifs is 1. The Morgan fingerprint density at radius 2 is 1.95 bits per heavy atom. The molecule has 0 unspecified atom stereocenters. The third kappa shape index (κ3) is 3.55. The standard InChI is InChI=1S/C10H9NO.C5H8BN/c12-7-9-6-11-5-8-3-1-2-4-10(8)9;7-5-6-3-1-2-4-6/h1-6,12H,7H2;1-4H2. The zero-order valence-electron chi connectivity index (χ0n) is 10.9. The first-order valence-electron chi connectivity index (χ1n) is 6.67. The molecule has 1 aliphatic heterocycles. The van der Waals surface area contributed by atoms with Crippen molar-refractivity contribution in [3.05, 3.63) is 42.2 Å². The second-order valence-corrected chi connectivity index (χ2v) is 4.79. The molecule has 1 aromatic heterocycles. The fourth-order valence-electron chi connectivity index (χ4n) is 2.36. The van der Waals surface area contributed by atoms with Crippen LogP contribution in [0, 0.1) is 11.2 Å². The van der Waals surface area contributed by atoms with E-state index < -0.39 is 0 Å². The van der Waals surface area contributed by atoms with Gasteiger partial charge in [-0.15, -0.1) is 0 Å². The maximum atomic E-state index is 9.00. The Bertz CT molecular complexity index is 568. The monoisotopic (exact) mass is 252 g/mol. The van der Waals surface area contributed by atoms with Gasteiger partial charge in [-0.3, -0.25) is 4.98 Å². The van der Waals surface area contributed by atoms with Gasteiger partial charge in [0.05, 0.1) is 6.61 Å². The molecule has 3 rings (SSSR count). The van der Waals surface area contributed by atoms with Gasteiger partial charge in [0.1, 0.15) is 0 Å². The van der Waals surface area contributed by atoms with E-state index in [0.29, 0.717) is 6.71 Å². The van der Waals surface area contributed by atoms with Crippen LogP contribution in [0.4, 0.5) is 0 Å². The summed E-state index contributed by atoms with van der Waals surface area (Å²) >= 11 is 0. The molecule has 2 aromatic rings. The zero-order chi connectivity index (χ0) is 13.5. The molecule has 1 saturated heterocycles. The number of nitriles is 1. The SMILES string of the molecule is N#CB1CCCC1.OCc1cncc2ccccc12. The molecule has 0 bridgehead atoms. The highest BCUT2D eigenvalue weighted by Gasteiger charge is 2.17. The summed E-state index contributed by atoms with van der Waals surface area (Å²) in [5, 5.41) is 19.5. The van der Waals surface area contributed by atoms with E-state index in [1.807, 2.05) is 24.3 Å². The minimum absolute atomic E-state index is 0.0500. The van der Waals surface area contributed by atoms with Crippen molar-refractivity contribution in [3.8, 4) is 5.97 Å². The second kappa shape index (κ2) is 6.91. The second-order valence-electron chi connectivity index (χ2n) is 4.79. The highest BCUT2D eigenvalue weighted by atomic mass is 16.3. The molecule has 1 fully saturated rings. The van der Waals surface area contributed by atoms with Gasteiger partial charge in [-0.1, -0.05) is 49.7 Å². The van der Waals surface area contributed by atoms with Crippen LogP contribution in [0.1, 0.15) is 18.4 Å². The van der Waals surface area contributed by atoms with Crippen LogP contribution in [-0.4, -0.2) is 16.8 Å². The molecule has 96 valence electrons. The fourth-order valence-corrected chi connectivity index (χ4v) is 2.36. The Labute approximate surface area is 114 Å². The van der Waals surface area contributed by atoms with Crippen molar-refractivity contribution in [2.75, 3.05) is 0 Å². The van der Waals surface area contributed by atoms with Gasteiger partial charge in [0, 0.05) is 29.3 Å².